The zero-order valence-corrected chi connectivity index (χ0v) is 12.9. The summed E-state index contributed by atoms with van der Waals surface area (Å²) in [5.41, 5.74) is 2.44. The minimum atomic E-state index is 0.815. The van der Waals surface area contributed by atoms with E-state index in [-0.39, 0.29) is 0 Å². The van der Waals surface area contributed by atoms with Crippen molar-refractivity contribution in [1.82, 2.24) is 20.1 Å². The second kappa shape index (κ2) is 7.31. The Morgan fingerprint density at radius 2 is 2.25 bits per heavy atom. The van der Waals surface area contributed by atoms with Gasteiger partial charge in [-0.25, -0.2) is 0 Å². The van der Waals surface area contributed by atoms with Crippen LogP contribution in [-0.4, -0.2) is 28.4 Å². The van der Waals surface area contributed by atoms with E-state index in [1.807, 2.05) is 17.7 Å². The molecular formula is C14H20N4OS. The third kappa shape index (κ3) is 3.74. The minimum Gasteiger partial charge on any atom is -0.496 e. The number of aromatic nitrogens is 3. The van der Waals surface area contributed by atoms with Gasteiger partial charge in [-0.15, -0.1) is 10.2 Å². The van der Waals surface area contributed by atoms with Crippen LogP contribution < -0.4 is 10.1 Å². The van der Waals surface area contributed by atoms with Crippen molar-refractivity contribution >= 4 is 11.8 Å². The molecular weight excluding hydrogens is 272 g/mol. The van der Waals surface area contributed by atoms with Crippen LogP contribution in [0.4, 0.5) is 0 Å². The number of hydrogen-bond donors (Lipinski definition) is 1. The first-order chi connectivity index (χ1) is 9.74. The number of ether oxygens (including phenoxy) is 1. The maximum Gasteiger partial charge on any atom is 0.191 e. The molecule has 0 aliphatic carbocycles. The van der Waals surface area contributed by atoms with Crippen LogP contribution >= 0.6 is 11.8 Å². The van der Waals surface area contributed by atoms with Crippen LogP contribution in [0.3, 0.4) is 0 Å². The summed E-state index contributed by atoms with van der Waals surface area (Å²) in [6.07, 6.45) is 1.71. The van der Waals surface area contributed by atoms with Crippen LogP contribution in [0.15, 0.2) is 29.7 Å². The summed E-state index contributed by atoms with van der Waals surface area (Å²) in [6.45, 7) is 3.95. The summed E-state index contributed by atoms with van der Waals surface area (Å²) < 4.78 is 7.34. The summed E-state index contributed by atoms with van der Waals surface area (Å²) in [5, 5.41) is 12.2. The van der Waals surface area contributed by atoms with Gasteiger partial charge in [0.15, 0.2) is 5.16 Å². The Hall–Kier alpha value is -1.53. The average molecular weight is 292 g/mol. The second-order valence-electron chi connectivity index (χ2n) is 4.44. The molecule has 0 aliphatic heterocycles. The summed E-state index contributed by atoms with van der Waals surface area (Å²) >= 11 is 1.66. The molecule has 1 aromatic heterocycles. The lowest BCUT2D eigenvalue weighted by molar-refractivity contribution is 0.411. The van der Waals surface area contributed by atoms with Gasteiger partial charge in [-0.3, -0.25) is 0 Å². The first-order valence-corrected chi connectivity index (χ1v) is 7.56. The van der Waals surface area contributed by atoms with Crippen molar-refractivity contribution < 1.29 is 4.74 Å². The van der Waals surface area contributed by atoms with Crippen LogP contribution in [0, 0.1) is 0 Å². The molecule has 1 heterocycles. The lowest BCUT2D eigenvalue weighted by Crippen LogP contribution is -2.11. The van der Waals surface area contributed by atoms with Crippen molar-refractivity contribution in [2.24, 2.45) is 7.05 Å². The number of nitrogens with zero attached hydrogens (tertiary/aromatic N) is 3. The molecule has 0 fully saturated rings. The molecule has 1 N–H and O–H groups in total. The Balaban J connectivity index is 2.09. The fourth-order valence-electron chi connectivity index (χ4n) is 1.87. The Kier molecular flexibility index (Phi) is 5.43. The molecule has 0 bridgehead atoms. The van der Waals surface area contributed by atoms with Gasteiger partial charge in [0.2, 0.25) is 0 Å². The first-order valence-electron chi connectivity index (χ1n) is 6.58. The van der Waals surface area contributed by atoms with Crippen molar-refractivity contribution in [3.05, 3.63) is 35.7 Å². The molecule has 2 aromatic rings. The van der Waals surface area contributed by atoms with Crippen LogP contribution in [-0.2, 0) is 19.3 Å². The third-order valence-electron chi connectivity index (χ3n) is 2.95. The number of rotatable bonds is 7. The van der Waals surface area contributed by atoms with Crippen molar-refractivity contribution in [1.29, 1.82) is 0 Å². The van der Waals surface area contributed by atoms with Gasteiger partial charge in [0.1, 0.15) is 12.1 Å². The fourth-order valence-corrected chi connectivity index (χ4v) is 2.74. The third-order valence-corrected chi connectivity index (χ3v) is 4.03. The number of methoxy groups -OCH3 is 1. The molecule has 0 saturated carbocycles. The summed E-state index contributed by atoms with van der Waals surface area (Å²) in [6, 6.07) is 6.31. The van der Waals surface area contributed by atoms with Crippen LogP contribution in [0.25, 0.3) is 0 Å². The van der Waals surface area contributed by atoms with E-state index in [1.54, 1.807) is 25.2 Å². The van der Waals surface area contributed by atoms with Gasteiger partial charge in [-0.2, -0.15) is 0 Å². The molecule has 108 valence electrons. The standard InChI is InChI=1S/C14H20N4OS/c1-4-15-8-11-5-6-13(19-3)12(7-11)9-20-14-17-16-10-18(14)2/h5-7,10,15H,4,8-9H2,1-3H3. The lowest BCUT2D eigenvalue weighted by atomic mass is 10.1. The van der Waals surface area contributed by atoms with E-state index in [9.17, 15) is 0 Å². The van der Waals surface area contributed by atoms with E-state index < -0.39 is 0 Å². The average Bonchev–Trinajstić information content (AvgIpc) is 2.88. The molecule has 6 heteroatoms. The zero-order valence-electron chi connectivity index (χ0n) is 12.1. The van der Waals surface area contributed by atoms with E-state index >= 15 is 0 Å². The normalized spacial score (nSPS) is 10.8. The highest BCUT2D eigenvalue weighted by atomic mass is 32.2. The van der Waals surface area contributed by atoms with Gasteiger partial charge < -0.3 is 14.6 Å². The molecule has 20 heavy (non-hydrogen) atoms. The zero-order chi connectivity index (χ0) is 14.4. The highest BCUT2D eigenvalue weighted by molar-refractivity contribution is 7.98. The van der Waals surface area contributed by atoms with Gasteiger partial charge in [-0.05, 0) is 24.2 Å². The Labute approximate surface area is 123 Å². The van der Waals surface area contributed by atoms with E-state index in [0.29, 0.717) is 0 Å². The van der Waals surface area contributed by atoms with Crippen LogP contribution in [0.2, 0.25) is 0 Å². The van der Waals surface area contributed by atoms with Crippen LogP contribution in [0.1, 0.15) is 18.1 Å². The van der Waals surface area contributed by atoms with E-state index in [1.165, 1.54) is 11.1 Å². The predicted octanol–water partition coefficient (Wildman–Crippen LogP) is 2.23. The van der Waals surface area contributed by atoms with Gasteiger partial charge in [0.05, 0.1) is 7.11 Å². The molecule has 0 atom stereocenters. The Morgan fingerprint density at radius 1 is 1.40 bits per heavy atom. The molecule has 0 aliphatic rings. The number of hydrogen-bond acceptors (Lipinski definition) is 5. The van der Waals surface area contributed by atoms with Crippen molar-refractivity contribution in [2.45, 2.75) is 24.4 Å². The molecule has 5 nitrogen and oxygen atoms in total. The SMILES string of the molecule is CCNCc1ccc(OC)c(CSc2nncn2C)c1. The highest BCUT2D eigenvalue weighted by Gasteiger charge is 2.08. The smallest absolute Gasteiger partial charge is 0.191 e. The number of aryl methyl sites for hydroxylation is 1. The largest absolute Gasteiger partial charge is 0.496 e. The molecule has 2 rings (SSSR count). The minimum absolute atomic E-state index is 0.815. The Bertz CT molecular complexity index is 556. The second-order valence-corrected chi connectivity index (χ2v) is 5.38. The number of thioether (sulfide) groups is 1. The Morgan fingerprint density at radius 3 is 2.90 bits per heavy atom. The number of nitrogens with one attached hydrogen (secondary N) is 1. The quantitative estimate of drug-likeness (QED) is 0.793. The van der Waals surface area contributed by atoms with Crippen molar-refractivity contribution in [2.75, 3.05) is 13.7 Å². The van der Waals surface area contributed by atoms with Crippen molar-refractivity contribution in [3.8, 4) is 5.75 Å². The molecule has 1 aromatic carbocycles. The molecule has 0 saturated heterocycles. The highest BCUT2D eigenvalue weighted by Crippen LogP contribution is 2.27. The maximum absolute atomic E-state index is 5.43. The summed E-state index contributed by atoms with van der Waals surface area (Å²) in [4.78, 5) is 0. The predicted molar refractivity (Wildman–Crippen MR) is 80.9 cm³/mol. The van der Waals surface area contributed by atoms with Gasteiger partial charge in [0, 0.05) is 24.9 Å². The van der Waals surface area contributed by atoms with Gasteiger partial charge in [-0.1, -0.05) is 24.8 Å². The monoisotopic (exact) mass is 292 g/mol. The van der Waals surface area contributed by atoms with E-state index in [0.717, 1.165) is 29.7 Å². The van der Waals surface area contributed by atoms with E-state index in [2.05, 4.69) is 34.6 Å². The maximum atomic E-state index is 5.43. The van der Waals surface area contributed by atoms with E-state index in [4.69, 9.17) is 4.74 Å². The number of benzene rings is 1. The molecule has 0 spiro atoms. The molecule has 0 radical (unpaired) electrons. The summed E-state index contributed by atoms with van der Waals surface area (Å²) in [5.74, 6) is 1.73. The molecule has 0 unspecified atom stereocenters. The fraction of sp³-hybridized carbons (Fsp3) is 0.429. The van der Waals surface area contributed by atoms with Crippen molar-refractivity contribution in [3.63, 3.8) is 0 Å². The first kappa shape index (κ1) is 14.9. The van der Waals surface area contributed by atoms with Gasteiger partial charge >= 0.3 is 0 Å². The van der Waals surface area contributed by atoms with Gasteiger partial charge in [0.25, 0.3) is 0 Å². The lowest BCUT2D eigenvalue weighted by Gasteiger charge is -2.11. The summed E-state index contributed by atoms with van der Waals surface area (Å²) in [7, 11) is 3.65. The molecule has 0 amide bonds. The van der Waals surface area contributed by atoms with Crippen LogP contribution in [0.5, 0.6) is 5.75 Å². The topological polar surface area (TPSA) is 52.0 Å².